The standard InChI is InChI=1S/C20H22F3N5O3.2CH4.2H2S/c1-8-16-18(28(3)17(9(2)29)19(30)26-16)27-20(24-8)25-10-6-11(7-10)31-13-5-4-12(21)14(22)15(13)23;;;;/h4-5,9-11,17,29H,6-7H2,1-3H3,(H,26,30)(H,24,25,27);2*1H4;2*1H2/t9-,10?,11?,17-;;;;/m0..../s1. The fourth-order valence-corrected chi connectivity index (χ4v) is 3.81. The van der Waals surface area contributed by atoms with Crippen LogP contribution in [0.4, 0.5) is 30.6 Å². The molecule has 1 fully saturated rings. The van der Waals surface area contributed by atoms with Gasteiger partial charge >= 0.3 is 0 Å². The lowest BCUT2D eigenvalue weighted by Gasteiger charge is -2.38. The predicted molar refractivity (Wildman–Crippen MR) is 141 cm³/mol. The highest BCUT2D eigenvalue weighted by molar-refractivity contribution is 7.59. The van der Waals surface area contributed by atoms with Gasteiger partial charge in [-0.15, -0.1) is 0 Å². The molecule has 2 aliphatic rings. The van der Waals surface area contributed by atoms with Gasteiger partial charge in [0.2, 0.25) is 17.7 Å². The molecule has 13 heteroatoms. The Morgan fingerprint density at radius 1 is 1.17 bits per heavy atom. The van der Waals surface area contributed by atoms with Gasteiger partial charge in [0.25, 0.3) is 0 Å². The first kappa shape index (κ1) is 32.6. The second kappa shape index (κ2) is 12.5. The summed E-state index contributed by atoms with van der Waals surface area (Å²) in [5, 5.41) is 15.8. The summed E-state index contributed by atoms with van der Waals surface area (Å²) in [5.74, 6) is -4.01. The van der Waals surface area contributed by atoms with Crippen LogP contribution in [0.2, 0.25) is 0 Å². The largest absolute Gasteiger partial charge is 0.487 e. The first-order valence-corrected chi connectivity index (χ1v) is 9.82. The average molecular weight is 538 g/mol. The number of nitrogens with zero attached hydrogens (tertiary/aromatic N) is 3. The number of likely N-dealkylation sites (N-methyl/N-ethyl adjacent to an activating group) is 1. The lowest BCUT2D eigenvalue weighted by atomic mass is 9.89. The van der Waals surface area contributed by atoms with Crippen LogP contribution in [-0.2, 0) is 4.79 Å². The highest BCUT2D eigenvalue weighted by Gasteiger charge is 2.37. The van der Waals surface area contributed by atoms with Crippen molar-refractivity contribution in [2.24, 2.45) is 0 Å². The number of carbonyl (C=O) groups excluding carboxylic acids is 1. The van der Waals surface area contributed by atoms with Gasteiger partial charge in [0, 0.05) is 25.9 Å². The number of aliphatic hydroxyl groups excluding tert-OH is 1. The summed E-state index contributed by atoms with van der Waals surface area (Å²) in [5.41, 5.74) is 1.05. The number of ether oxygens (including phenoxy) is 1. The Morgan fingerprint density at radius 2 is 1.80 bits per heavy atom. The number of halogens is 3. The van der Waals surface area contributed by atoms with Gasteiger partial charge in [0.1, 0.15) is 17.8 Å². The van der Waals surface area contributed by atoms with Gasteiger partial charge in [-0.1, -0.05) is 14.9 Å². The molecule has 1 aliphatic heterocycles. The minimum Gasteiger partial charge on any atom is -0.487 e. The molecular weight excluding hydrogens is 503 g/mol. The SMILES string of the molecule is C.C.Cc1nc(NC2CC(Oc3ccc(F)c(F)c3F)C2)nc2c1NC(=O)[C@H]([C@H](C)O)N2C.S.S. The van der Waals surface area contributed by atoms with E-state index >= 15 is 0 Å². The number of fused-ring (bicyclic) bond motifs is 1. The minimum absolute atomic E-state index is 0. The monoisotopic (exact) mass is 537 g/mol. The van der Waals surface area contributed by atoms with Gasteiger partial charge in [-0.3, -0.25) is 4.79 Å². The van der Waals surface area contributed by atoms with Gasteiger partial charge < -0.3 is 25.4 Å². The van der Waals surface area contributed by atoms with Gasteiger partial charge in [-0.05, 0) is 26.0 Å². The molecule has 1 aromatic carbocycles. The van der Waals surface area contributed by atoms with Crippen molar-refractivity contribution in [3.8, 4) is 5.75 Å². The molecule has 1 amide bonds. The van der Waals surface area contributed by atoms with Crippen LogP contribution in [0, 0.1) is 24.4 Å². The van der Waals surface area contributed by atoms with E-state index in [9.17, 15) is 23.1 Å². The maximum Gasteiger partial charge on any atom is 0.249 e. The molecule has 198 valence electrons. The van der Waals surface area contributed by atoms with Crippen molar-refractivity contribution in [1.82, 2.24) is 9.97 Å². The average Bonchev–Trinajstić information content (AvgIpc) is 2.67. The highest BCUT2D eigenvalue weighted by Crippen LogP contribution is 2.35. The highest BCUT2D eigenvalue weighted by atomic mass is 32.1. The second-order valence-corrected chi connectivity index (χ2v) is 7.84. The third-order valence-corrected chi connectivity index (χ3v) is 5.52. The number of amides is 1. The molecule has 0 bridgehead atoms. The Morgan fingerprint density at radius 3 is 2.40 bits per heavy atom. The Labute approximate surface area is 217 Å². The lowest BCUT2D eigenvalue weighted by Crippen LogP contribution is -2.52. The number of anilines is 3. The van der Waals surface area contributed by atoms with Crippen LogP contribution in [0.25, 0.3) is 0 Å². The van der Waals surface area contributed by atoms with E-state index in [1.165, 1.54) is 6.92 Å². The number of carbonyl (C=O) groups is 1. The van der Waals surface area contributed by atoms with Crippen LogP contribution < -0.4 is 20.3 Å². The van der Waals surface area contributed by atoms with E-state index in [1.54, 1.807) is 18.9 Å². The maximum absolute atomic E-state index is 13.8. The minimum atomic E-state index is -1.56. The number of aryl methyl sites for hydroxylation is 1. The molecule has 2 atom stereocenters. The third-order valence-electron chi connectivity index (χ3n) is 5.52. The number of benzene rings is 1. The molecule has 0 spiro atoms. The van der Waals surface area contributed by atoms with Gasteiger partial charge in [-0.2, -0.15) is 36.4 Å². The van der Waals surface area contributed by atoms with Crippen LogP contribution in [0.1, 0.15) is 40.3 Å². The van der Waals surface area contributed by atoms with Crippen molar-refractivity contribution in [1.29, 1.82) is 0 Å². The normalized spacial score (nSPS) is 20.8. The molecule has 1 aliphatic carbocycles. The molecule has 2 aromatic rings. The summed E-state index contributed by atoms with van der Waals surface area (Å²) < 4.78 is 45.5. The topological polar surface area (TPSA) is 99.6 Å². The molecule has 0 unspecified atom stereocenters. The van der Waals surface area contributed by atoms with Crippen LogP contribution in [0.5, 0.6) is 5.75 Å². The predicted octanol–water partition coefficient (Wildman–Crippen LogP) is 3.86. The molecule has 0 radical (unpaired) electrons. The smallest absolute Gasteiger partial charge is 0.249 e. The van der Waals surface area contributed by atoms with Gasteiger partial charge in [0.15, 0.2) is 23.2 Å². The molecule has 8 nitrogen and oxygen atoms in total. The van der Waals surface area contributed by atoms with E-state index in [4.69, 9.17) is 4.74 Å². The van der Waals surface area contributed by atoms with Crippen LogP contribution >= 0.6 is 27.0 Å². The van der Waals surface area contributed by atoms with Gasteiger partial charge in [-0.25, -0.2) is 13.8 Å². The fraction of sp³-hybridized carbons (Fsp3) is 0.500. The Bertz CT molecular complexity index is 1040. The fourth-order valence-electron chi connectivity index (χ4n) is 3.81. The Balaban J connectivity index is 0.00000289. The quantitative estimate of drug-likeness (QED) is 0.498. The third kappa shape index (κ3) is 6.25. The van der Waals surface area contributed by atoms with E-state index in [2.05, 4.69) is 20.6 Å². The molecular formula is C22H34F3N5O3S2. The first-order valence-electron chi connectivity index (χ1n) is 9.82. The van der Waals surface area contributed by atoms with Crippen LogP contribution in [-0.4, -0.2) is 52.3 Å². The first-order chi connectivity index (χ1) is 14.7. The van der Waals surface area contributed by atoms with Crippen LogP contribution in [0.15, 0.2) is 12.1 Å². The molecule has 1 aromatic heterocycles. The van der Waals surface area contributed by atoms with Crippen LogP contribution in [0.3, 0.4) is 0 Å². The number of hydrogen-bond donors (Lipinski definition) is 3. The van der Waals surface area contributed by atoms with E-state index in [0.717, 1.165) is 12.1 Å². The van der Waals surface area contributed by atoms with E-state index < -0.39 is 29.6 Å². The Hall–Kier alpha value is -2.38. The number of hydrogen-bond acceptors (Lipinski definition) is 7. The summed E-state index contributed by atoms with van der Waals surface area (Å²) >= 11 is 0. The molecule has 2 heterocycles. The van der Waals surface area contributed by atoms with Crippen molar-refractivity contribution < 1.29 is 27.8 Å². The Kier molecular flexibility index (Phi) is 11.7. The number of nitrogens with one attached hydrogen (secondary N) is 2. The number of aliphatic hydroxyl groups is 1. The van der Waals surface area contributed by atoms with E-state index in [0.29, 0.717) is 36.0 Å². The zero-order valence-corrected chi connectivity index (χ0v) is 20.1. The number of rotatable bonds is 5. The van der Waals surface area contributed by atoms with Crippen molar-refractivity contribution in [2.45, 2.75) is 65.8 Å². The molecule has 4 rings (SSSR count). The van der Waals surface area contributed by atoms with E-state index in [-0.39, 0.29) is 65.6 Å². The molecule has 1 saturated carbocycles. The van der Waals surface area contributed by atoms with Gasteiger partial charge in [0.05, 0.1) is 11.8 Å². The van der Waals surface area contributed by atoms with Crippen molar-refractivity contribution in [2.75, 3.05) is 22.6 Å². The van der Waals surface area contributed by atoms with Crippen molar-refractivity contribution in [3.05, 3.63) is 35.3 Å². The summed E-state index contributed by atoms with van der Waals surface area (Å²) in [6, 6.07) is 1.04. The number of aromatic nitrogens is 2. The van der Waals surface area contributed by atoms with E-state index in [1.807, 2.05) is 0 Å². The summed E-state index contributed by atoms with van der Waals surface area (Å²) in [6.45, 7) is 3.27. The summed E-state index contributed by atoms with van der Waals surface area (Å²) in [4.78, 5) is 22.7. The molecule has 0 saturated heterocycles. The summed E-state index contributed by atoms with van der Waals surface area (Å²) in [7, 11) is 1.68. The lowest BCUT2D eigenvalue weighted by molar-refractivity contribution is -0.119. The zero-order chi connectivity index (χ0) is 22.4. The maximum atomic E-state index is 13.8. The van der Waals surface area contributed by atoms with Crippen molar-refractivity contribution >= 4 is 50.4 Å². The zero-order valence-electron chi connectivity index (χ0n) is 18.1. The van der Waals surface area contributed by atoms with Crippen molar-refractivity contribution in [3.63, 3.8) is 0 Å². The second-order valence-electron chi connectivity index (χ2n) is 7.84. The molecule has 35 heavy (non-hydrogen) atoms. The molecule has 3 N–H and O–H groups in total. The summed E-state index contributed by atoms with van der Waals surface area (Å²) in [6.07, 6.45) is -0.287.